The molecule has 0 bridgehead atoms. The summed E-state index contributed by atoms with van der Waals surface area (Å²) in [5.41, 5.74) is 0.630. The Morgan fingerprint density at radius 1 is 1.38 bits per heavy atom. The fourth-order valence-corrected chi connectivity index (χ4v) is 1.23. The maximum atomic E-state index is 12.7. The molecule has 1 aromatic carbocycles. The number of carboxylic acids is 1. The predicted molar refractivity (Wildman–Crippen MR) is 52.7 cm³/mol. The van der Waals surface area contributed by atoms with Crippen molar-refractivity contribution in [3.05, 3.63) is 42.2 Å². The van der Waals surface area contributed by atoms with Crippen LogP contribution in [-0.4, -0.2) is 25.8 Å². The van der Waals surface area contributed by atoms with Gasteiger partial charge in [-0.2, -0.15) is 5.10 Å². The van der Waals surface area contributed by atoms with Gasteiger partial charge in [-0.25, -0.2) is 14.1 Å². The second kappa shape index (κ2) is 4.09. The molecule has 0 fully saturated rings. The lowest BCUT2D eigenvalue weighted by atomic mass is 10.3. The molecule has 0 atom stereocenters. The number of rotatable bonds is 3. The number of carbonyl (C=O) groups is 1. The van der Waals surface area contributed by atoms with Gasteiger partial charge < -0.3 is 5.11 Å². The molecule has 82 valence electrons. The summed E-state index contributed by atoms with van der Waals surface area (Å²) in [5, 5.41) is 12.5. The Hall–Kier alpha value is -2.24. The molecule has 0 spiro atoms. The van der Waals surface area contributed by atoms with Gasteiger partial charge in [-0.1, -0.05) is 0 Å². The van der Waals surface area contributed by atoms with Crippen molar-refractivity contribution in [2.24, 2.45) is 0 Å². The third-order valence-corrected chi connectivity index (χ3v) is 1.94. The summed E-state index contributed by atoms with van der Waals surface area (Å²) in [6.45, 7) is 0. The number of hydrogen-bond donors (Lipinski definition) is 1. The van der Waals surface area contributed by atoms with Crippen molar-refractivity contribution < 1.29 is 14.3 Å². The standard InChI is InChI=1S/C10H8FN3O2/c11-7-1-3-8(4-2-7)14-6-12-9(13-14)5-10(15)16/h1-4,6H,5H2,(H,15,16). The summed E-state index contributed by atoms with van der Waals surface area (Å²) >= 11 is 0. The van der Waals surface area contributed by atoms with E-state index in [4.69, 9.17) is 5.11 Å². The molecule has 2 aromatic rings. The topological polar surface area (TPSA) is 68.0 Å². The van der Waals surface area contributed by atoms with Crippen LogP contribution in [0.5, 0.6) is 0 Å². The molecule has 1 heterocycles. The second-order valence-corrected chi connectivity index (χ2v) is 3.15. The van der Waals surface area contributed by atoms with E-state index in [1.54, 1.807) is 0 Å². The van der Waals surface area contributed by atoms with E-state index < -0.39 is 5.97 Å². The van der Waals surface area contributed by atoms with Crippen molar-refractivity contribution in [2.45, 2.75) is 6.42 Å². The van der Waals surface area contributed by atoms with Crippen LogP contribution in [0, 0.1) is 5.82 Å². The van der Waals surface area contributed by atoms with Gasteiger partial charge in [0.25, 0.3) is 0 Å². The Morgan fingerprint density at radius 3 is 2.69 bits per heavy atom. The Bertz CT molecular complexity index is 507. The quantitative estimate of drug-likeness (QED) is 0.840. The first-order valence-electron chi connectivity index (χ1n) is 4.53. The summed E-state index contributed by atoms with van der Waals surface area (Å²) in [7, 11) is 0. The summed E-state index contributed by atoms with van der Waals surface area (Å²) in [4.78, 5) is 14.3. The molecule has 5 nitrogen and oxygen atoms in total. The van der Waals surface area contributed by atoms with E-state index in [2.05, 4.69) is 10.1 Å². The Balaban J connectivity index is 2.24. The molecule has 0 saturated heterocycles. The highest BCUT2D eigenvalue weighted by atomic mass is 19.1. The van der Waals surface area contributed by atoms with Gasteiger partial charge in [0.05, 0.1) is 5.69 Å². The van der Waals surface area contributed by atoms with Gasteiger partial charge in [0.2, 0.25) is 0 Å². The summed E-state index contributed by atoms with van der Waals surface area (Å²) in [6.07, 6.45) is 1.17. The predicted octanol–water partition coefficient (Wildman–Crippen LogP) is 1.03. The fraction of sp³-hybridized carbons (Fsp3) is 0.100. The zero-order chi connectivity index (χ0) is 11.5. The minimum atomic E-state index is -0.989. The molecule has 16 heavy (non-hydrogen) atoms. The molecule has 0 amide bonds. The molecule has 1 aromatic heterocycles. The fourth-order valence-electron chi connectivity index (χ4n) is 1.23. The van der Waals surface area contributed by atoms with Crippen molar-refractivity contribution in [1.29, 1.82) is 0 Å². The van der Waals surface area contributed by atoms with Gasteiger partial charge in [-0.05, 0) is 24.3 Å². The first-order valence-corrected chi connectivity index (χ1v) is 4.53. The van der Waals surface area contributed by atoms with Crippen LogP contribution in [0.15, 0.2) is 30.6 Å². The number of aliphatic carboxylic acids is 1. The highest BCUT2D eigenvalue weighted by molar-refractivity contribution is 5.68. The van der Waals surface area contributed by atoms with Gasteiger partial charge in [0.1, 0.15) is 18.6 Å². The molecule has 0 aliphatic carbocycles. The van der Waals surface area contributed by atoms with Gasteiger partial charge in [-0.3, -0.25) is 4.79 Å². The van der Waals surface area contributed by atoms with Gasteiger partial charge in [-0.15, -0.1) is 0 Å². The molecule has 0 aliphatic heterocycles. The van der Waals surface area contributed by atoms with Crippen LogP contribution in [0.3, 0.4) is 0 Å². The van der Waals surface area contributed by atoms with Crippen LogP contribution >= 0.6 is 0 Å². The molecule has 0 unspecified atom stereocenters. The van der Waals surface area contributed by atoms with Crippen molar-refractivity contribution >= 4 is 5.97 Å². The highest BCUT2D eigenvalue weighted by Gasteiger charge is 2.06. The summed E-state index contributed by atoms with van der Waals surface area (Å²) in [5.74, 6) is -1.11. The van der Waals surface area contributed by atoms with E-state index in [1.165, 1.54) is 35.3 Å². The lowest BCUT2D eigenvalue weighted by molar-refractivity contribution is -0.136. The lowest BCUT2D eigenvalue weighted by Gasteiger charge is -1.98. The summed E-state index contributed by atoms with van der Waals surface area (Å²) < 4.78 is 14.1. The van der Waals surface area contributed by atoms with Crippen LogP contribution in [-0.2, 0) is 11.2 Å². The van der Waals surface area contributed by atoms with Crippen LogP contribution in [0.25, 0.3) is 5.69 Å². The average Bonchev–Trinajstić information content (AvgIpc) is 2.66. The molecule has 0 radical (unpaired) electrons. The van der Waals surface area contributed by atoms with Gasteiger partial charge >= 0.3 is 5.97 Å². The normalized spacial score (nSPS) is 10.3. The number of aromatic nitrogens is 3. The van der Waals surface area contributed by atoms with Crippen molar-refractivity contribution in [3.63, 3.8) is 0 Å². The number of carboxylic acid groups (broad SMARTS) is 1. The minimum absolute atomic E-state index is 0.219. The average molecular weight is 221 g/mol. The maximum absolute atomic E-state index is 12.7. The number of halogens is 1. The zero-order valence-electron chi connectivity index (χ0n) is 8.17. The molecule has 0 aliphatic rings. The third-order valence-electron chi connectivity index (χ3n) is 1.94. The molecular weight excluding hydrogens is 213 g/mol. The molecule has 0 saturated carbocycles. The van der Waals surface area contributed by atoms with E-state index in [0.29, 0.717) is 5.69 Å². The van der Waals surface area contributed by atoms with Crippen LogP contribution in [0.4, 0.5) is 4.39 Å². The van der Waals surface area contributed by atoms with Crippen LogP contribution in [0.2, 0.25) is 0 Å². The Labute approximate surface area is 90.2 Å². The van der Waals surface area contributed by atoms with Crippen molar-refractivity contribution in [1.82, 2.24) is 14.8 Å². The lowest BCUT2D eigenvalue weighted by Crippen LogP contribution is -2.03. The minimum Gasteiger partial charge on any atom is -0.481 e. The molecular formula is C10H8FN3O2. The number of nitrogens with zero attached hydrogens (tertiary/aromatic N) is 3. The number of benzene rings is 1. The third kappa shape index (κ3) is 2.22. The van der Waals surface area contributed by atoms with Crippen molar-refractivity contribution in [3.8, 4) is 5.69 Å². The summed E-state index contributed by atoms with van der Waals surface area (Å²) in [6, 6.07) is 5.67. The second-order valence-electron chi connectivity index (χ2n) is 3.15. The number of hydrogen-bond acceptors (Lipinski definition) is 3. The SMILES string of the molecule is O=C(O)Cc1ncn(-c2ccc(F)cc2)n1. The smallest absolute Gasteiger partial charge is 0.311 e. The molecule has 2 rings (SSSR count). The van der Waals surface area contributed by atoms with E-state index in [9.17, 15) is 9.18 Å². The molecule has 1 N–H and O–H groups in total. The van der Waals surface area contributed by atoms with E-state index in [1.807, 2.05) is 0 Å². The first-order chi connectivity index (χ1) is 7.65. The van der Waals surface area contributed by atoms with E-state index in [-0.39, 0.29) is 18.1 Å². The first kappa shape index (κ1) is 10.3. The van der Waals surface area contributed by atoms with E-state index in [0.717, 1.165) is 0 Å². The van der Waals surface area contributed by atoms with Crippen LogP contribution in [0.1, 0.15) is 5.82 Å². The van der Waals surface area contributed by atoms with E-state index >= 15 is 0 Å². The maximum Gasteiger partial charge on any atom is 0.311 e. The Kier molecular flexibility index (Phi) is 2.63. The Morgan fingerprint density at radius 2 is 2.06 bits per heavy atom. The monoisotopic (exact) mass is 221 g/mol. The van der Waals surface area contributed by atoms with Crippen LogP contribution < -0.4 is 0 Å². The van der Waals surface area contributed by atoms with Gasteiger partial charge in [0, 0.05) is 0 Å². The van der Waals surface area contributed by atoms with Crippen molar-refractivity contribution in [2.75, 3.05) is 0 Å². The molecule has 6 heteroatoms. The highest BCUT2D eigenvalue weighted by Crippen LogP contribution is 2.07. The van der Waals surface area contributed by atoms with Gasteiger partial charge in [0.15, 0.2) is 5.82 Å². The largest absolute Gasteiger partial charge is 0.481 e. The zero-order valence-corrected chi connectivity index (χ0v) is 8.17.